The number of phenolic OH excluding ortho intramolecular Hbond substituents is 1. The fourth-order valence-corrected chi connectivity index (χ4v) is 6.22. The minimum Gasteiger partial charge on any atom is -0.504 e. The maximum absolute atomic E-state index is 14.0. The Labute approximate surface area is 206 Å². The van der Waals surface area contributed by atoms with Crippen molar-refractivity contribution in [3.05, 3.63) is 71.8 Å². The summed E-state index contributed by atoms with van der Waals surface area (Å²) in [6.07, 6.45) is 0. The third-order valence-electron chi connectivity index (χ3n) is 6.18. The zero-order chi connectivity index (χ0) is 25.3. The van der Waals surface area contributed by atoms with Crippen LogP contribution in [0, 0.1) is 5.92 Å². The second-order valence-corrected chi connectivity index (χ2v) is 10.9. The van der Waals surface area contributed by atoms with Crippen LogP contribution in [-0.2, 0) is 10.0 Å². The van der Waals surface area contributed by atoms with Gasteiger partial charge >= 0.3 is 0 Å². The summed E-state index contributed by atoms with van der Waals surface area (Å²) in [6.45, 7) is 6.36. The van der Waals surface area contributed by atoms with Gasteiger partial charge in [-0.25, -0.2) is 8.42 Å². The van der Waals surface area contributed by atoms with Crippen LogP contribution in [0.3, 0.4) is 0 Å². The Balaban J connectivity index is 1.92. The van der Waals surface area contributed by atoms with E-state index in [1.165, 1.54) is 4.31 Å². The fraction of sp³-hybridized carbons (Fsp3) is 0.333. The van der Waals surface area contributed by atoms with Crippen molar-refractivity contribution in [1.29, 1.82) is 0 Å². The average molecular weight is 498 g/mol. The van der Waals surface area contributed by atoms with Crippen molar-refractivity contribution in [2.24, 2.45) is 5.92 Å². The molecule has 0 aromatic heterocycles. The molecule has 1 heterocycles. The third-order valence-corrected chi connectivity index (χ3v) is 7.99. The molecular weight excluding hydrogens is 466 g/mol. The molecule has 0 aliphatic carbocycles. The van der Waals surface area contributed by atoms with Gasteiger partial charge in [0.2, 0.25) is 0 Å². The molecule has 0 saturated carbocycles. The molecule has 3 aromatic rings. The quantitative estimate of drug-likeness (QED) is 0.442. The van der Waals surface area contributed by atoms with E-state index in [1.54, 1.807) is 68.8 Å². The second kappa shape index (κ2) is 9.70. The largest absolute Gasteiger partial charge is 0.504 e. The predicted octanol–water partition coefficient (Wildman–Crippen LogP) is 5.50. The van der Waals surface area contributed by atoms with Crippen LogP contribution in [0.5, 0.6) is 23.0 Å². The fourth-order valence-electron chi connectivity index (χ4n) is 4.47. The van der Waals surface area contributed by atoms with Crippen LogP contribution in [0.4, 0.5) is 5.69 Å². The summed E-state index contributed by atoms with van der Waals surface area (Å²) in [5, 5.41) is 10.7. The smallest absolute Gasteiger partial charge is 0.264 e. The minimum absolute atomic E-state index is 0.0127. The molecule has 1 aliphatic rings. The van der Waals surface area contributed by atoms with E-state index in [1.807, 2.05) is 26.8 Å². The molecule has 4 rings (SSSR count). The van der Waals surface area contributed by atoms with Crippen molar-refractivity contribution >= 4 is 15.7 Å². The summed E-state index contributed by atoms with van der Waals surface area (Å²) in [5.41, 5.74) is 1.95. The Kier molecular flexibility index (Phi) is 6.85. The molecule has 0 bridgehead atoms. The lowest BCUT2D eigenvalue weighted by Crippen LogP contribution is -2.33. The van der Waals surface area contributed by atoms with Crippen molar-refractivity contribution in [3.8, 4) is 23.0 Å². The number of sulfonamides is 1. The second-order valence-electron chi connectivity index (χ2n) is 9.05. The zero-order valence-electron chi connectivity index (χ0n) is 20.6. The van der Waals surface area contributed by atoms with Gasteiger partial charge in [0, 0.05) is 12.0 Å². The lowest BCUT2D eigenvalue weighted by molar-refractivity contribution is 0.259. The van der Waals surface area contributed by atoms with E-state index in [0.29, 0.717) is 23.8 Å². The number of ether oxygens (including phenoxy) is 3. The number of fused-ring (bicyclic) bond motifs is 1. The SMILES string of the molecule is COc1ccc(C2C(C)c3cc(O)c(OCC(C)C)cc3N2S(=O)(=O)c2ccccc2)cc1OC. The van der Waals surface area contributed by atoms with E-state index in [0.717, 1.165) is 11.1 Å². The van der Waals surface area contributed by atoms with Crippen LogP contribution >= 0.6 is 0 Å². The molecule has 8 heteroatoms. The number of hydrogen-bond donors (Lipinski definition) is 1. The molecule has 0 fully saturated rings. The summed E-state index contributed by atoms with van der Waals surface area (Å²) in [5.74, 6) is 1.29. The molecule has 0 spiro atoms. The molecule has 35 heavy (non-hydrogen) atoms. The lowest BCUT2D eigenvalue weighted by Gasteiger charge is -2.29. The third kappa shape index (κ3) is 4.50. The zero-order valence-corrected chi connectivity index (χ0v) is 21.4. The molecule has 0 amide bonds. The lowest BCUT2D eigenvalue weighted by atomic mass is 9.92. The maximum atomic E-state index is 14.0. The first kappa shape index (κ1) is 24.7. The summed E-state index contributed by atoms with van der Waals surface area (Å²) < 4.78 is 46.2. The molecular formula is C27H31NO6S. The number of nitrogens with zero attached hydrogens (tertiary/aromatic N) is 1. The number of rotatable bonds is 8. The Bertz CT molecular complexity index is 1310. The highest BCUT2D eigenvalue weighted by atomic mass is 32.2. The number of aromatic hydroxyl groups is 1. The molecule has 7 nitrogen and oxygen atoms in total. The van der Waals surface area contributed by atoms with E-state index < -0.39 is 16.1 Å². The van der Waals surface area contributed by atoms with E-state index in [-0.39, 0.29) is 28.2 Å². The summed E-state index contributed by atoms with van der Waals surface area (Å²) in [6, 6.07) is 16.4. The molecule has 186 valence electrons. The molecule has 3 aromatic carbocycles. The van der Waals surface area contributed by atoms with Crippen molar-refractivity contribution in [3.63, 3.8) is 0 Å². The van der Waals surface area contributed by atoms with Crippen LogP contribution in [0.15, 0.2) is 65.6 Å². The highest BCUT2D eigenvalue weighted by Gasteiger charge is 2.45. The van der Waals surface area contributed by atoms with Crippen LogP contribution in [-0.4, -0.2) is 34.4 Å². The molecule has 2 atom stereocenters. The number of hydrogen-bond acceptors (Lipinski definition) is 6. The highest BCUT2D eigenvalue weighted by Crippen LogP contribution is 2.54. The number of phenols is 1. The Morgan fingerprint density at radius 1 is 0.943 bits per heavy atom. The molecule has 0 saturated heterocycles. The normalized spacial score (nSPS) is 17.4. The average Bonchev–Trinajstić information content (AvgIpc) is 3.14. The summed E-state index contributed by atoms with van der Waals surface area (Å²) in [7, 11) is -0.855. The van der Waals surface area contributed by atoms with E-state index in [9.17, 15) is 13.5 Å². The van der Waals surface area contributed by atoms with Gasteiger partial charge in [-0.1, -0.05) is 45.0 Å². The van der Waals surface area contributed by atoms with Crippen LogP contribution < -0.4 is 18.5 Å². The first-order valence-electron chi connectivity index (χ1n) is 11.5. The highest BCUT2D eigenvalue weighted by molar-refractivity contribution is 7.92. The van der Waals surface area contributed by atoms with Gasteiger partial charge in [0.15, 0.2) is 23.0 Å². The Morgan fingerprint density at radius 3 is 2.26 bits per heavy atom. The van der Waals surface area contributed by atoms with E-state index >= 15 is 0 Å². The van der Waals surface area contributed by atoms with E-state index in [2.05, 4.69) is 0 Å². The van der Waals surface area contributed by atoms with Gasteiger partial charge in [0.05, 0.1) is 37.5 Å². The monoisotopic (exact) mass is 497 g/mol. The van der Waals surface area contributed by atoms with Gasteiger partial charge in [-0.15, -0.1) is 0 Å². The van der Waals surface area contributed by atoms with E-state index in [4.69, 9.17) is 14.2 Å². The number of anilines is 1. The van der Waals surface area contributed by atoms with Gasteiger partial charge in [0.1, 0.15) is 0 Å². The summed E-state index contributed by atoms with van der Waals surface area (Å²) in [4.78, 5) is 0.184. The van der Waals surface area contributed by atoms with Crippen LogP contribution in [0.1, 0.15) is 43.9 Å². The van der Waals surface area contributed by atoms with Crippen molar-refractivity contribution < 1.29 is 27.7 Å². The summed E-state index contributed by atoms with van der Waals surface area (Å²) >= 11 is 0. The Morgan fingerprint density at radius 2 is 1.63 bits per heavy atom. The van der Waals surface area contributed by atoms with Gasteiger partial charge in [0.25, 0.3) is 10.0 Å². The van der Waals surface area contributed by atoms with Crippen LogP contribution in [0.2, 0.25) is 0 Å². The van der Waals surface area contributed by atoms with Gasteiger partial charge in [-0.3, -0.25) is 4.31 Å². The Hall–Kier alpha value is -3.39. The first-order valence-corrected chi connectivity index (χ1v) is 12.9. The van der Waals surface area contributed by atoms with Crippen LogP contribution in [0.25, 0.3) is 0 Å². The molecule has 1 N–H and O–H groups in total. The molecule has 0 radical (unpaired) electrons. The van der Waals surface area contributed by atoms with Gasteiger partial charge in [-0.2, -0.15) is 0 Å². The topological polar surface area (TPSA) is 85.3 Å². The van der Waals surface area contributed by atoms with Crippen molar-refractivity contribution in [1.82, 2.24) is 0 Å². The van der Waals surface area contributed by atoms with Gasteiger partial charge < -0.3 is 19.3 Å². The number of benzene rings is 3. The van der Waals surface area contributed by atoms with Crippen molar-refractivity contribution in [2.45, 2.75) is 37.6 Å². The minimum atomic E-state index is -3.95. The molecule has 1 aliphatic heterocycles. The van der Waals surface area contributed by atoms with Gasteiger partial charge in [-0.05, 0) is 47.4 Å². The maximum Gasteiger partial charge on any atom is 0.264 e. The number of methoxy groups -OCH3 is 2. The first-order chi connectivity index (χ1) is 16.7. The predicted molar refractivity (Wildman–Crippen MR) is 135 cm³/mol. The standard InChI is InChI=1S/C27H31NO6S/c1-17(2)16-34-25-15-22-21(14-23(25)29)18(3)27(19-11-12-24(32-4)26(13-19)33-5)28(22)35(30,31)20-9-7-6-8-10-20/h6-15,17-18,27,29H,16H2,1-5H3. The van der Waals surface area contributed by atoms with Crippen molar-refractivity contribution in [2.75, 3.05) is 25.1 Å². The molecule has 2 unspecified atom stereocenters.